The summed E-state index contributed by atoms with van der Waals surface area (Å²) >= 11 is 11.4. The number of anilines is 6. The molecule has 23 heteroatoms. The minimum atomic E-state index is -1.07. The van der Waals surface area contributed by atoms with Gasteiger partial charge in [0, 0.05) is 90.7 Å². The van der Waals surface area contributed by atoms with Crippen molar-refractivity contribution in [1.82, 2.24) is 9.55 Å². The van der Waals surface area contributed by atoms with E-state index >= 15 is 0 Å². The number of ether oxygens (including phenoxy) is 3. The molecular weight excluding hydrogens is 1330 g/mol. The van der Waals surface area contributed by atoms with Gasteiger partial charge in [-0.05, 0) is 205 Å². The number of benzene rings is 6. The van der Waals surface area contributed by atoms with Crippen molar-refractivity contribution in [2.45, 2.75) is 188 Å². The van der Waals surface area contributed by atoms with Crippen LogP contribution in [0.5, 0.6) is 0 Å². The minimum absolute atomic E-state index is 0. The van der Waals surface area contributed by atoms with Gasteiger partial charge in [-0.1, -0.05) is 104 Å². The monoisotopic (exact) mass is 1450 g/mol. The molecular formula is C77H119Cl3N10O10. The van der Waals surface area contributed by atoms with Crippen LogP contribution in [0.4, 0.5) is 45.5 Å². The average molecular weight is 1450 g/mol. The molecule has 0 unspecified atom stereocenters. The molecule has 7 heterocycles. The number of imidazole rings is 1. The quantitative estimate of drug-likeness (QED) is 0.0225. The number of hydrogen-bond acceptors (Lipinski definition) is 15. The lowest BCUT2D eigenvalue weighted by Gasteiger charge is -2.25. The SMILES string of the molecule is C.C.C.C.C.C.CCO.COC(CCl)(OC)OC.Cc1cc(N)c2c(c1)CCCN2.Cc1cc2c(c([N+](=O)[O-])c1)N(C=O)CCC2.Cc1cc2c(c([N+](=O)[O-])c1)NCCC2.Cc1cc2c3c(c1)nc(CCl)n3CCC2.Cc1ccc2c(c1)CCCN2.Cc1ccc2c(c1)CCCN2C=O.Cl. The van der Waals surface area contributed by atoms with E-state index in [0.717, 1.165) is 135 Å². The number of aromatic nitrogens is 2. The van der Waals surface area contributed by atoms with Gasteiger partial charge in [0.25, 0.3) is 17.3 Å². The molecule has 0 bridgehead atoms. The van der Waals surface area contributed by atoms with E-state index in [4.69, 9.17) is 48.3 Å². The molecule has 0 saturated carbocycles. The fourth-order valence-corrected chi connectivity index (χ4v) is 12.8. The summed E-state index contributed by atoms with van der Waals surface area (Å²) < 4.78 is 16.7. The number of carbonyl (C=O) groups is 2. The highest BCUT2D eigenvalue weighted by molar-refractivity contribution is 6.18. The van der Waals surface area contributed by atoms with Gasteiger partial charge in [-0.3, -0.25) is 29.8 Å². The smallest absolute Gasteiger partial charge is 0.296 e. The summed E-state index contributed by atoms with van der Waals surface area (Å²) in [7, 11) is 4.40. The number of fused-ring (bicyclic) bond motifs is 5. The topological polar surface area (TPSA) is 255 Å². The molecule has 2 amide bonds. The zero-order valence-corrected chi connectivity index (χ0v) is 58.5. The van der Waals surface area contributed by atoms with Crippen LogP contribution in [0.2, 0.25) is 0 Å². The number of alkyl halides is 2. The van der Waals surface area contributed by atoms with Crippen molar-refractivity contribution in [3.63, 3.8) is 0 Å². The summed E-state index contributed by atoms with van der Waals surface area (Å²) in [5, 5.41) is 39.1. The largest absolute Gasteiger partial charge is 0.397 e. The number of halogens is 3. The van der Waals surface area contributed by atoms with Crippen molar-refractivity contribution in [2.75, 3.05) is 98.0 Å². The van der Waals surface area contributed by atoms with Gasteiger partial charge in [0.2, 0.25) is 12.8 Å². The first-order valence-electron chi connectivity index (χ1n) is 31.9. The van der Waals surface area contributed by atoms with Crippen LogP contribution in [0.15, 0.2) is 84.9 Å². The molecule has 6 aromatic carbocycles. The molecule has 1 aromatic heterocycles. The third-order valence-corrected chi connectivity index (χ3v) is 17.0. The molecule has 558 valence electrons. The Morgan fingerprint density at radius 1 is 0.560 bits per heavy atom. The number of aliphatic hydroxyl groups is 1. The Morgan fingerprint density at radius 2 is 0.990 bits per heavy atom. The summed E-state index contributed by atoms with van der Waals surface area (Å²) in [5.41, 5.74) is 28.8. The zero-order chi connectivity index (χ0) is 67.8. The van der Waals surface area contributed by atoms with Gasteiger partial charge >= 0.3 is 0 Å². The van der Waals surface area contributed by atoms with E-state index in [1.807, 2.05) is 38.1 Å². The van der Waals surface area contributed by atoms with Crippen LogP contribution in [0.25, 0.3) is 11.0 Å². The second kappa shape index (κ2) is 46.8. The van der Waals surface area contributed by atoms with Crippen molar-refractivity contribution in [1.29, 1.82) is 0 Å². The molecule has 0 atom stereocenters. The molecule has 20 nitrogen and oxygen atoms in total. The first kappa shape index (κ1) is 94.5. The van der Waals surface area contributed by atoms with E-state index in [-0.39, 0.29) is 85.8 Å². The summed E-state index contributed by atoms with van der Waals surface area (Å²) in [6.07, 6.45) is 14.7. The normalized spacial score (nSPS) is 13.3. The number of amides is 2. The standard InChI is InChI=1S/C12H13ClN2.C11H12N2O3.C11H13NO.C10H12N2O2.C10H14N2.C10H13N.C5H11ClO3.C2H6O.6CH4.ClH/c1-8-5-9-3-2-4-15-11(7-13)14-10(6-8)12(9)15;1-8-5-9-3-2-4-12(7-14)11(9)10(6-8)13(15)16;1-9-4-5-11-10(7-9)3-2-6-12(11)8-13;1-7-5-8-3-2-4-11-10(8)9(6-7)12(13)14;1-7-5-8-3-2-4-12-10(8)9(11)6-7;1-8-4-5-10-9(7-8)3-2-6-11-10;1-7-5(4-6,8-2)9-3;1-2-3;;;;;;;/h5-6H,2-4,7H2,1H3;5-7H,2-4H2,1H3;4-5,7-8H,2-3,6H2,1H3;5-6,11H,2-4H2,1H3;5-6,12H,2-4,11H2,1H3;4-5,7,11H,2-3,6H2,1H3;4H2,1-3H3;3H,2H2,1H3;6*1H4;1H. The Balaban J connectivity index is 0. The Bertz CT molecular complexity index is 3640. The Kier molecular flexibility index (Phi) is 44.2. The lowest BCUT2D eigenvalue weighted by Crippen LogP contribution is -2.37. The zero-order valence-electron chi connectivity index (χ0n) is 56.1. The Morgan fingerprint density at radius 3 is 1.53 bits per heavy atom. The number of hydrogen-bond donors (Lipinski definition) is 5. The highest BCUT2D eigenvalue weighted by atomic mass is 35.5. The van der Waals surface area contributed by atoms with Crippen LogP contribution in [0.3, 0.4) is 0 Å². The Hall–Kier alpha value is -7.56. The maximum absolute atomic E-state index is 10.9. The van der Waals surface area contributed by atoms with E-state index in [0.29, 0.717) is 30.2 Å². The van der Waals surface area contributed by atoms with Crippen LogP contribution in [0, 0.1) is 61.8 Å². The predicted molar refractivity (Wildman–Crippen MR) is 425 cm³/mol. The van der Waals surface area contributed by atoms with E-state index in [2.05, 4.69) is 102 Å². The van der Waals surface area contributed by atoms with Crippen LogP contribution in [-0.2, 0) is 74.7 Å². The number of rotatable bonds is 9. The molecule has 100 heavy (non-hydrogen) atoms. The Labute approximate surface area is 614 Å². The third kappa shape index (κ3) is 25.8. The number of aryl methyl sites for hydroxylation is 13. The maximum atomic E-state index is 10.9. The van der Waals surface area contributed by atoms with Gasteiger partial charge in [-0.15, -0.1) is 35.6 Å². The second-order valence-corrected chi connectivity index (χ2v) is 24.2. The first-order valence-corrected chi connectivity index (χ1v) is 32.9. The van der Waals surface area contributed by atoms with Gasteiger partial charge in [0.05, 0.1) is 38.1 Å². The number of nitrogen functional groups attached to an aromatic ring is 1. The van der Waals surface area contributed by atoms with Crippen molar-refractivity contribution in [2.24, 2.45) is 0 Å². The number of carbonyl (C=O) groups excluding carboxylic acids is 2. The van der Waals surface area contributed by atoms with E-state index in [9.17, 15) is 29.8 Å². The highest BCUT2D eigenvalue weighted by Gasteiger charge is 2.29. The van der Waals surface area contributed by atoms with Crippen LogP contribution in [-0.4, -0.2) is 110 Å². The van der Waals surface area contributed by atoms with Gasteiger partial charge < -0.3 is 55.4 Å². The lowest BCUT2D eigenvalue weighted by molar-refractivity contribution is -0.384. The molecule has 6 aliphatic heterocycles. The molecule has 6 aliphatic rings. The molecule has 0 saturated heterocycles. The predicted octanol–water partition coefficient (Wildman–Crippen LogP) is 18.4. The molecule has 0 radical (unpaired) electrons. The van der Waals surface area contributed by atoms with Crippen molar-refractivity contribution < 1.29 is 38.8 Å². The van der Waals surface area contributed by atoms with Crippen LogP contribution >= 0.6 is 35.6 Å². The molecule has 0 aliphatic carbocycles. The number of nitrogens with one attached hydrogen (secondary N) is 3. The van der Waals surface area contributed by atoms with E-state index in [1.54, 1.807) is 17.9 Å². The van der Waals surface area contributed by atoms with Crippen LogP contribution in [0.1, 0.15) is 163 Å². The van der Waals surface area contributed by atoms with Crippen LogP contribution < -0.4 is 31.5 Å². The van der Waals surface area contributed by atoms with Crippen molar-refractivity contribution in [3.8, 4) is 0 Å². The number of nitrogens with two attached hydrogens (primary N) is 1. The number of nitro benzene ring substituents is 2. The molecule has 6 N–H and O–H groups in total. The van der Waals surface area contributed by atoms with E-state index in [1.165, 1.54) is 120 Å². The second-order valence-electron chi connectivity index (χ2n) is 23.7. The van der Waals surface area contributed by atoms with Crippen molar-refractivity contribution in [3.05, 3.63) is 178 Å². The van der Waals surface area contributed by atoms with Gasteiger partial charge in [0.15, 0.2) is 0 Å². The van der Waals surface area contributed by atoms with E-state index < -0.39 is 10.9 Å². The van der Waals surface area contributed by atoms with Gasteiger partial charge in [-0.25, -0.2) is 4.98 Å². The summed E-state index contributed by atoms with van der Waals surface area (Å²) in [6.45, 7) is 19.6. The van der Waals surface area contributed by atoms with Gasteiger partial charge in [0.1, 0.15) is 23.1 Å². The molecule has 0 fully saturated rings. The fraction of sp³-hybridized carbons (Fsp3) is 0.494. The lowest BCUT2D eigenvalue weighted by atomic mass is 9.98. The number of aliphatic hydroxyl groups excluding tert-OH is 1. The summed E-state index contributed by atoms with van der Waals surface area (Å²) in [6, 6.07) is 28.6. The molecule has 13 rings (SSSR count). The number of nitrogens with zero attached hydrogens (tertiary/aromatic N) is 6. The fourth-order valence-electron chi connectivity index (χ4n) is 12.2. The van der Waals surface area contributed by atoms with Crippen molar-refractivity contribution >= 4 is 105 Å². The highest BCUT2D eigenvalue weighted by Crippen LogP contribution is 2.37. The third-order valence-electron chi connectivity index (χ3n) is 16.5. The molecule has 7 aromatic rings. The summed E-state index contributed by atoms with van der Waals surface area (Å²) in [5.74, 6) is 0.601. The number of methoxy groups -OCH3 is 3. The number of nitro groups is 2. The maximum Gasteiger partial charge on any atom is 0.296 e. The molecule has 0 spiro atoms. The minimum Gasteiger partial charge on any atom is -0.397 e. The summed E-state index contributed by atoms with van der Waals surface area (Å²) in [4.78, 5) is 50.4. The average Bonchev–Trinajstić information content (AvgIpc) is 1.58. The first-order chi connectivity index (χ1) is 44.7. The van der Waals surface area contributed by atoms with Gasteiger partial charge in [-0.2, -0.15) is 0 Å².